The minimum Gasteiger partial charge on any atom is -0.374 e. The van der Waals surface area contributed by atoms with Gasteiger partial charge in [-0.1, -0.05) is 35.9 Å². The maximum atomic E-state index is 12.7. The molecular weight excluding hydrogens is 384 g/mol. The van der Waals surface area contributed by atoms with Crippen molar-refractivity contribution in [2.45, 2.75) is 12.5 Å². The molecule has 0 radical (unpaired) electrons. The van der Waals surface area contributed by atoms with Crippen molar-refractivity contribution in [3.63, 3.8) is 0 Å². The molecule has 1 N–H and O–H groups in total. The first-order valence-electron chi connectivity index (χ1n) is 10.3. The van der Waals surface area contributed by atoms with E-state index in [0.717, 1.165) is 39.1 Å². The molecule has 0 saturated carbocycles. The number of hydrogen-bond acceptors (Lipinski definition) is 4. The Labute approximate surface area is 178 Å². The Morgan fingerprint density at radius 3 is 2.59 bits per heavy atom. The monoisotopic (exact) mass is 412 g/mol. The van der Waals surface area contributed by atoms with E-state index in [0.29, 0.717) is 17.1 Å². The summed E-state index contributed by atoms with van der Waals surface area (Å²) < 4.78 is 0. The minimum atomic E-state index is -0.115. The van der Waals surface area contributed by atoms with Crippen LogP contribution in [0.1, 0.15) is 27.5 Å². The third-order valence-corrected chi connectivity index (χ3v) is 6.50. The van der Waals surface area contributed by atoms with Gasteiger partial charge in [-0.25, -0.2) is 0 Å². The second kappa shape index (κ2) is 8.74. The van der Waals surface area contributed by atoms with Crippen LogP contribution in [0, 0.1) is 0 Å². The Bertz CT molecular complexity index is 879. The molecule has 4 rings (SSSR count). The highest BCUT2D eigenvalue weighted by Gasteiger charge is 2.26. The van der Waals surface area contributed by atoms with Gasteiger partial charge in [0.25, 0.3) is 5.91 Å². The van der Waals surface area contributed by atoms with Crippen LogP contribution in [0.3, 0.4) is 0 Å². The van der Waals surface area contributed by atoms with Crippen LogP contribution in [0.25, 0.3) is 0 Å². The SMILES string of the molecule is CN1CCN([C@H](CNC(=O)c2ccccc2Cl)c2ccc3c(c2)CCN3C)CC1. The summed E-state index contributed by atoms with van der Waals surface area (Å²) in [5, 5.41) is 3.62. The normalized spacial score (nSPS) is 18.5. The maximum Gasteiger partial charge on any atom is 0.252 e. The number of nitrogens with zero attached hydrogens (tertiary/aromatic N) is 3. The molecule has 2 heterocycles. The van der Waals surface area contributed by atoms with E-state index >= 15 is 0 Å². The zero-order valence-electron chi connectivity index (χ0n) is 17.2. The van der Waals surface area contributed by atoms with E-state index in [1.54, 1.807) is 12.1 Å². The molecule has 1 fully saturated rings. The average molecular weight is 413 g/mol. The van der Waals surface area contributed by atoms with Crippen molar-refractivity contribution in [1.29, 1.82) is 0 Å². The summed E-state index contributed by atoms with van der Waals surface area (Å²) in [4.78, 5) is 19.9. The van der Waals surface area contributed by atoms with Gasteiger partial charge < -0.3 is 15.1 Å². The molecular formula is C23H29ClN4O. The number of benzene rings is 2. The second-order valence-electron chi connectivity index (χ2n) is 8.10. The zero-order chi connectivity index (χ0) is 20.4. The number of fused-ring (bicyclic) bond motifs is 1. The number of amides is 1. The fourth-order valence-electron chi connectivity index (χ4n) is 4.32. The smallest absolute Gasteiger partial charge is 0.252 e. The van der Waals surface area contributed by atoms with Crippen LogP contribution < -0.4 is 10.2 Å². The lowest BCUT2D eigenvalue weighted by molar-refractivity contribution is 0.0886. The number of likely N-dealkylation sites (N-methyl/N-ethyl adjacent to an activating group) is 2. The first-order valence-corrected chi connectivity index (χ1v) is 10.7. The van der Waals surface area contributed by atoms with Crippen molar-refractivity contribution in [3.8, 4) is 0 Å². The molecule has 6 heteroatoms. The molecule has 0 aromatic heterocycles. The Kier molecular flexibility index (Phi) is 6.09. The van der Waals surface area contributed by atoms with Crippen LogP contribution in [-0.2, 0) is 6.42 Å². The van der Waals surface area contributed by atoms with Crippen LogP contribution in [0.2, 0.25) is 5.02 Å². The molecule has 1 atom stereocenters. The highest BCUT2D eigenvalue weighted by Crippen LogP contribution is 2.31. The topological polar surface area (TPSA) is 38.8 Å². The summed E-state index contributed by atoms with van der Waals surface area (Å²) >= 11 is 6.21. The Hall–Kier alpha value is -2.08. The fraction of sp³-hybridized carbons (Fsp3) is 0.435. The Morgan fingerprint density at radius 1 is 1.07 bits per heavy atom. The molecule has 2 aromatic carbocycles. The standard InChI is InChI=1S/C23H29ClN4O/c1-26-11-13-28(14-12-26)22(16-25-23(29)19-5-3-4-6-20(19)24)17-7-8-21-18(15-17)9-10-27(21)2/h3-8,15,22H,9-14,16H2,1-2H3,(H,25,29)/t22-/m1/s1. The second-order valence-corrected chi connectivity index (χ2v) is 8.51. The number of carbonyl (C=O) groups is 1. The summed E-state index contributed by atoms with van der Waals surface area (Å²) in [6.45, 7) is 5.73. The van der Waals surface area contributed by atoms with E-state index in [4.69, 9.17) is 11.6 Å². The summed E-state index contributed by atoms with van der Waals surface area (Å²) in [6, 6.07) is 14.2. The molecule has 1 amide bonds. The predicted molar refractivity (Wildman–Crippen MR) is 119 cm³/mol. The van der Waals surface area contributed by atoms with E-state index in [-0.39, 0.29) is 11.9 Å². The maximum absolute atomic E-state index is 12.7. The molecule has 2 aliphatic heterocycles. The molecule has 0 spiro atoms. The highest BCUT2D eigenvalue weighted by atomic mass is 35.5. The van der Waals surface area contributed by atoms with E-state index in [1.807, 2.05) is 12.1 Å². The van der Waals surface area contributed by atoms with Gasteiger partial charge in [-0.3, -0.25) is 9.69 Å². The number of anilines is 1. The molecule has 1 saturated heterocycles. The lowest BCUT2D eigenvalue weighted by Gasteiger charge is -2.38. The van der Waals surface area contributed by atoms with Crippen LogP contribution in [0.5, 0.6) is 0 Å². The van der Waals surface area contributed by atoms with Gasteiger partial charge in [-0.05, 0) is 42.8 Å². The molecule has 0 aliphatic carbocycles. The number of piperazine rings is 1. The van der Waals surface area contributed by atoms with Gasteiger partial charge in [-0.2, -0.15) is 0 Å². The van der Waals surface area contributed by atoms with E-state index in [9.17, 15) is 4.79 Å². The largest absolute Gasteiger partial charge is 0.374 e. The molecule has 2 aliphatic rings. The third kappa shape index (κ3) is 4.42. The van der Waals surface area contributed by atoms with E-state index in [1.165, 1.54) is 16.8 Å². The molecule has 154 valence electrons. The van der Waals surface area contributed by atoms with Gasteiger partial charge in [0.05, 0.1) is 16.6 Å². The van der Waals surface area contributed by atoms with Gasteiger partial charge >= 0.3 is 0 Å². The molecule has 0 unspecified atom stereocenters. The first kappa shape index (κ1) is 20.2. The molecule has 2 aromatic rings. The lowest BCUT2D eigenvalue weighted by Crippen LogP contribution is -2.48. The number of rotatable bonds is 5. The summed E-state index contributed by atoms with van der Waals surface area (Å²) in [5.74, 6) is -0.115. The van der Waals surface area contributed by atoms with Crippen molar-refractivity contribution < 1.29 is 4.79 Å². The van der Waals surface area contributed by atoms with E-state index in [2.05, 4.69) is 52.3 Å². The zero-order valence-corrected chi connectivity index (χ0v) is 18.0. The van der Waals surface area contributed by atoms with Crippen LogP contribution in [0.15, 0.2) is 42.5 Å². The number of hydrogen-bond donors (Lipinski definition) is 1. The van der Waals surface area contributed by atoms with Crippen molar-refractivity contribution in [3.05, 3.63) is 64.2 Å². The number of carbonyl (C=O) groups excluding carboxylic acids is 1. The van der Waals surface area contributed by atoms with Crippen LogP contribution in [-0.4, -0.2) is 69.1 Å². The number of nitrogens with one attached hydrogen (secondary N) is 1. The highest BCUT2D eigenvalue weighted by molar-refractivity contribution is 6.33. The fourth-order valence-corrected chi connectivity index (χ4v) is 4.54. The van der Waals surface area contributed by atoms with Gasteiger partial charge in [0.1, 0.15) is 0 Å². The summed E-state index contributed by atoms with van der Waals surface area (Å²) in [6.07, 6.45) is 1.08. The number of halogens is 1. The van der Waals surface area contributed by atoms with Crippen molar-refractivity contribution in [1.82, 2.24) is 15.1 Å². The molecule has 0 bridgehead atoms. The van der Waals surface area contributed by atoms with Gasteiger partial charge in [-0.15, -0.1) is 0 Å². The van der Waals surface area contributed by atoms with Gasteiger partial charge in [0.15, 0.2) is 0 Å². The first-order chi connectivity index (χ1) is 14.0. The quantitative estimate of drug-likeness (QED) is 0.819. The predicted octanol–water partition coefficient (Wildman–Crippen LogP) is 3.05. The van der Waals surface area contributed by atoms with Crippen molar-refractivity contribution >= 4 is 23.2 Å². The summed E-state index contributed by atoms with van der Waals surface area (Å²) in [5.41, 5.74) is 4.54. The van der Waals surface area contributed by atoms with Crippen molar-refractivity contribution in [2.75, 3.05) is 58.3 Å². The minimum absolute atomic E-state index is 0.115. The summed E-state index contributed by atoms with van der Waals surface area (Å²) in [7, 11) is 4.31. The molecule has 5 nitrogen and oxygen atoms in total. The van der Waals surface area contributed by atoms with Gasteiger partial charge in [0, 0.05) is 52.0 Å². The Balaban J connectivity index is 1.54. The van der Waals surface area contributed by atoms with E-state index < -0.39 is 0 Å². The Morgan fingerprint density at radius 2 is 1.83 bits per heavy atom. The molecule has 29 heavy (non-hydrogen) atoms. The average Bonchev–Trinajstić information content (AvgIpc) is 3.10. The van der Waals surface area contributed by atoms with Crippen LogP contribution >= 0.6 is 11.6 Å². The van der Waals surface area contributed by atoms with Gasteiger partial charge in [0.2, 0.25) is 0 Å². The van der Waals surface area contributed by atoms with Crippen molar-refractivity contribution in [2.24, 2.45) is 0 Å². The lowest BCUT2D eigenvalue weighted by atomic mass is 10.00. The third-order valence-electron chi connectivity index (χ3n) is 6.17. The van der Waals surface area contributed by atoms with Crippen LogP contribution in [0.4, 0.5) is 5.69 Å².